The van der Waals surface area contributed by atoms with Gasteiger partial charge in [0.1, 0.15) is 0 Å². The van der Waals surface area contributed by atoms with Crippen LogP contribution in [0.3, 0.4) is 0 Å². The summed E-state index contributed by atoms with van der Waals surface area (Å²) in [5, 5.41) is 8.90. The maximum absolute atomic E-state index is 11.0. The van der Waals surface area contributed by atoms with Crippen molar-refractivity contribution in [3.63, 3.8) is 0 Å². The van der Waals surface area contributed by atoms with Crippen LogP contribution in [0.15, 0.2) is 12.1 Å². The van der Waals surface area contributed by atoms with E-state index in [2.05, 4.69) is 0 Å². The van der Waals surface area contributed by atoms with E-state index in [9.17, 15) is 9.59 Å². The summed E-state index contributed by atoms with van der Waals surface area (Å²) in [7, 11) is 0. The minimum atomic E-state index is -1.19. The lowest BCUT2D eigenvalue weighted by molar-refractivity contribution is 0.0697. The summed E-state index contributed by atoms with van der Waals surface area (Å²) in [6, 6.07) is 2.43. The first kappa shape index (κ1) is 11.0. The molecule has 0 heterocycles. The maximum atomic E-state index is 11.0. The van der Waals surface area contributed by atoms with Crippen molar-refractivity contribution in [2.45, 2.75) is 6.92 Å². The Morgan fingerprint density at radius 1 is 1.14 bits per heavy atom. The van der Waals surface area contributed by atoms with Crippen molar-refractivity contribution in [3.05, 3.63) is 33.3 Å². The number of aromatic carboxylic acids is 1. The second-order valence-corrected chi connectivity index (χ2v) is 3.49. The molecule has 1 N–H and O–H groups in total. The zero-order chi connectivity index (χ0) is 10.9. The van der Waals surface area contributed by atoms with E-state index < -0.39 is 5.97 Å². The molecule has 0 amide bonds. The van der Waals surface area contributed by atoms with E-state index in [-0.39, 0.29) is 27.0 Å². The summed E-state index contributed by atoms with van der Waals surface area (Å²) in [6.07, 6.45) is 0. The van der Waals surface area contributed by atoms with E-state index in [0.717, 1.165) is 0 Å². The Labute approximate surface area is 90.3 Å². The molecule has 14 heavy (non-hydrogen) atoms. The van der Waals surface area contributed by atoms with Crippen molar-refractivity contribution in [2.24, 2.45) is 0 Å². The lowest BCUT2D eigenvalue weighted by atomic mass is 10.1. The van der Waals surface area contributed by atoms with E-state index in [1.165, 1.54) is 19.1 Å². The summed E-state index contributed by atoms with van der Waals surface area (Å²) < 4.78 is 0. The molecule has 1 aromatic rings. The number of carboxylic acid groups (broad SMARTS) is 1. The topological polar surface area (TPSA) is 54.4 Å². The van der Waals surface area contributed by atoms with Gasteiger partial charge in [0.2, 0.25) is 0 Å². The van der Waals surface area contributed by atoms with Gasteiger partial charge >= 0.3 is 5.97 Å². The van der Waals surface area contributed by atoms with Gasteiger partial charge in [-0.25, -0.2) is 4.79 Å². The molecule has 0 aliphatic rings. The van der Waals surface area contributed by atoms with Crippen LogP contribution in [0.1, 0.15) is 27.6 Å². The molecular formula is C9H6Cl2O3. The summed E-state index contributed by atoms with van der Waals surface area (Å²) in [4.78, 5) is 21.7. The Morgan fingerprint density at radius 3 is 2.07 bits per heavy atom. The van der Waals surface area contributed by atoms with Gasteiger partial charge in [-0.2, -0.15) is 0 Å². The molecule has 5 heteroatoms. The van der Waals surface area contributed by atoms with Gasteiger partial charge in [0.15, 0.2) is 5.78 Å². The summed E-state index contributed by atoms with van der Waals surface area (Å²) in [5.41, 5.74) is 0.0368. The average Bonchev–Trinajstić information content (AvgIpc) is 2.02. The molecule has 0 spiro atoms. The number of rotatable bonds is 2. The van der Waals surface area contributed by atoms with E-state index in [4.69, 9.17) is 28.3 Å². The molecule has 1 aromatic carbocycles. The van der Waals surface area contributed by atoms with Crippen LogP contribution in [0.2, 0.25) is 10.0 Å². The van der Waals surface area contributed by atoms with Crippen molar-refractivity contribution in [1.82, 2.24) is 0 Å². The lowest BCUT2D eigenvalue weighted by Crippen LogP contribution is -2.02. The van der Waals surface area contributed by atoms with Gasteiger partial charge in [0, 0.05) is 5.56 Å². The predicted octanol–water partition coefficient (Wildman–Crippen LogP) is 2.89. The number of ketones is 1. The molecule has 0 atom stereocenters. The number of Topliss-reactive ketones (excluding diaryl/α,β-unsaturated/α-hetero) is 1. The normalized spacial score (nSPS) is 9.93. The van der Waals surface area contributed by atoms with Crippen LogP contribution < -0.4 is 0 Å². The van der Waals surface area contributed by atoms with Crippen molar-refractivity contribution >= 4 is 35.0 Å². The minimum Gasteiger partial charge on any atom is -0.478 e. The molecule has 0 aromatic heterocycles. The number of carboxylic acids is 1. The van der Waals surface area contributed by atoms with E-state index in [1.54, 1.807) is 0 Å². The molecule has 0 bridgehead atoms. The second kappa shape index (κ2) is 3.98. The first-order chi connectivity index (χ1) is 6.43. The first-order valence-corrected chi connectivity index (χ1v) is 4.42. The van der Waals surface area contributed by atoms with E-state index in [0.29, 0.717) is 0 Å². The molecule has 0 aliphatic heterocycles. The van der Waals surface area contributed by atoms with Crippen LogP contribution >= 0.6 is 23.2 Å². The largest absolute Gasteiger partial charge is 0.478 e. The van der Waals surface area contributed by atoms with Crippen molar-refractivity contribution in [1.29, 1.82) is 0 Å². The van der Waals surface area contributed by atoms with Crippen molar-refractivity contribution in [2.75, 3.05) is 0 Å². The number of hydrogen-bond acceptors (Lipinski definition) is 2. The van der Waals surface area contributed by atoms with Gasteiger partial charge in [0.25, 0.3) is 0 Å². The Bertz CT molecular complexity index is 378. The van der Waals surface area contributed by atoms with Crippen LogP contribution in [0.4, 0.5) is 0 Å². The highest BCUT2D eigenvalue weighted by Gasteiger charge is 2.14. The van der Waals surface area contributed by atoms with Gasteiger partial charge in [0.05, 0.1) is 15.6 Å². The monoisotopic (exact) mass is 232 g/mol. The highest BCUT2D eigenvalue weighted by atomic mass is 35.5. The zero-order valence-electron chi connectivity index (χ0n) is 7.17. The molecule has 0 saturated carbocycles. The maximum Gasteiger partial charge on any atom is 0.337 e. The van der Waals surface area contributed by atoms with Gasteiger partial charge in [-0.05, 0) is 19.1 Å². The molecule has 0 saturated heterocycles. The number of hydrogen-bond donors (Lipinski definition) is 1. The van der Waals surface area contributed by atoms with Gasteiger partial charge < -0.3 is 5.11 Å². The summed E-state index contributed by atoms with van der Waals surface area (Å²) in [6.45, 7) is 1.31. The third-order valence-corrected chi connectivity index (χ3v) is 2.29. The molecule has 3 nitrogen and oxygen atoms in total. The zero-order valence-corrected chi connectivity index (χ0v) is 8.69. The molecule has 0 radical (unpaired) electrons. The van der Waals surface area contributed by atoms with Gasteiger partial charge in [-0.3, -0.25) is 4.79 Å². The van der Waals surface area contributed by atoms with Crippen molar-refractivity contribution < 1.29 is 14.7 Å². The standard InChI is InChI=1S/C9H6Cl2O3/c1-4(12)5-2-6(9(13)14)8(11)3-7(5)10/h2-3H,1H3,(H,13,14). The SMILES string of the molecule is CC(=O)c1cc(C(=O)O)c(Cl)cc1Cl. The van der Waals surface area contributed by atoms with Crippen LogP contribution in [-0.4, -0.2) is 16.9 Å². The van der Waals surface area contributed by atoms with Gasteiger partial charge in [-0.1, -0.05) is 23.2 Å². The van der Waals surface area contributed by atoms with Crippen LogP contribution in [0.5, 0.6) is 0 Å². The molecule has 1 rings (SSSR count). The summed E-state index contributed by atoms with van der Waals surface area (Å²) >= 11 is 11.3. The highest BCUT2D eigenvalue weighted by molar-refractivity contribution is 6.38. The second-order valence-electron chi connectivity index (χ2n) is 2.67. The van der Waals surface area contributed by atoms with E-state index in [1.807, 2.05) is 0 Å². The number of carbonyl (C=O) groups is 2. The number of benzene rings is 1. The van der Waals surface area contributed by atoms with Crippen LogP contribution in [-0.2, 0) is 0 Å². The Morgan fingerprint density at radius 2 is 1.64 bits per heavy atom. The third-order valence-electron chi connectivity index (χ3n) is 1.67. The first-order valence-electron chi connectivity index (χ1n) is 3.66. The summed E-state index contributed by atoms with van der Waals surface area (Å²) in [5.74, 6) is -1.48. The Balaban J connectivity index is 3.42. The Kier molecular flexibility index (Phi) is 3.13. The van der Waals surface area contributed by atoms with Gasteiger partial charge in [-0.15, -0.1) is 0 Å². The number of carbonyl (C=O) groups excluding carboxylic acids is 1. The molecule has 0 fully saturated rings. The number of halogens is 2. The minimum absolute atomic E-state index is 0.0208. The quantitative estimate of drug-likeness (QED) is 0.799. The molecule has 0 unspecified atom stereocenters. The fourth-order valence-electron chi connectivity index (χ4n) is 0.983. The molecule has 0 aliphatic carbocycles. The van der Waals surface area contributed by atoms with Crippen LogP contribution in [0.25, 0.3) is 0 Å². The third kappa shape index (κ3) is 2.05. The molecule has 74 valence electrons. The Hall–Kier alpha value is -1.06. The fraction of sp³-hybridized carbons (Fsp3) is 0.111. The highest BCUT2D eigenvalue weighted by Crippen LogP contribution is 2.25. The smallest absolute Gasteiger partial charge is 0.337 e. The average molecular weight is 233 g/mol. The predicted molar refractivity (Wildman–Crippen MR) is 53.4 cm³/mol. The molecular weight excluding hydrogens is 227 g/mol. The fourth-order valence-corrected chi connectivity index (χ4v) is 1.58. The van der Waals surface area contributed by atoms with E-state index >= 15 is 0 Å². The lowest BCUT2D eigenvalue weighted by Gasteiger charge is -2.03. The van der Waals surface area contributed by atoms with Crippen molar-refractivity contribution in [3.8, 4) is 0 Å². The van der Waals surface area contributed by atoms with Crippen LogP contribution in [0, 0.1) is 0 Å².